The van der Waals surface area contributed by atoms with Crippen molar-refractivity contribution in [2.75, 3.05) is 0 Å². The van der Waals surface area contributed by atoms with E-state index in [1.54, 1.807) is 0 Å². The quantitative estimate of drug-likeness (QED) is 0.388. The van der Waals surface area contributed by atoms with E-state index in [1.165, 1.54) is 0 Å². The van der Waals surface area contributed by atoms with Gasteiger partial charge in [0.15, 0.2) is 0 Å². The molecule has 0 aliphatic rings. The molecule has 2 atom stereocenters. The van der Waals surface area contributed by atoms with Crippen molar-refractivity contribution >= 4 is 11.9 Å². The summed E-state index contributed by atoms with van der Waals surface area (Å²) in [6.07, 6.45) is 0.455. The van der Waals surface area contributed by atoms with Crippen molar-refractivity contribution in [1.82, 2.24) is 10.9 Å². The Morgan fingerprint density at radius 2 is 1.00 bits per heavy atom. The predicted molar refractivity (Wildman–Crippen MR) is 115 cm³/mol. The van der Waals surface area contributed by atoms with Crippen molar-refractivity contribution in [2.45, 2.75) is 24.9 Å². The minimum atomic E-state index is -1.06. The van der Waals surface area contributed by atoms with Crippen LogP contribution in [-0.2, 0) is 22.4 Å². The van der Waals surface area contributed by atoms with E-state index < -0.39 is 24.0 Å². The van der Waals surface area contributed by atoms with Gasteiger partial charge in [-0.2, -0.15) is 0 Å². The van der Waals surface area contributed by atoms with Crippen LogP contribution < -0.4 is 10.9 Å². The van der Waals surface area contributed by atoms with Crippen LogP contribution in [0.4, 0.5) is 0 Å². The fourth-order valence-electron chi connectivity index (χ4n) is 3.15. The van der Waals surface area contributed by atoms with Crippen molar-refractivity contribution < 1.29 is 19.8 Å². The Bertz CT molecular complexity index is 960. The minimum Gasteiger partial charge on any atom is -0.480 e. The van der Waals surface area contributed by atoms with Gasteiger partial charge in [0.1, 0.15) is 12.1 Å². The number of aliphatic carboxylic acids is 2. The van der Waals surface area contributed by atoms with E-state index in [-0.39, 0.29) is 12.8 Å². The molecule has 0 saturated heterocycles. The zero-order valence-electron chi connectivity index (χ0n) is 16.4. The van der Waals surface area contributed by atoms with Crippen LogP contribution in [-0.4, -0.2) is 34.2 Å². The van der Waals surface area contributed by atoms with Crippen LogP contribution >= 0.6 is 0 Å². The van der Waals surface area contributed by atoms with Gasteiger partial charge in [0, 0.05) is 0 Å². The summed E-state index contributed by atoms with van der Waals surface area (Å²) < 4.78 is 0. The number of hydrazine groups is 1. The lowest BCUT2D eigenvalue weighted by atomic mass is 10.0. The number of carboxylic acids is 2. The fraction of sp³-hybridized carbons (Fsp3) is 0.167. The number of benzene rings is 3. The van der Waals surface area contributed by atoms with Gasteiger partial charge in [0.25, 0.3) is 0 Å². The summed E-state index contributed by atoms with van der Waals surface area (Å²) in [5.74, 6) is -2.11. The van der Waals surface area contributed by atoms with Crippen LogP contribution in [0.1, 0.15) is 11.1 Å². The smallest absolute Gasteiger partial charge is 0.322 e. The molecule has 3 rings (SSSR count). The highest BCUT2D eigenvalue weighted by atomic mass is 16.4. The Kier molecular flexibility index (Phi) is 7.32. The molecule has 0 aliphatic heterocycles. The van der Waals surface area contributed by atoms with Crippen LogP contribution in [0.3, 0.4) is 0 Å². The van der Waals surface area contributed by atoms with Crippen molar-refractivity contribution in [3.8, 4) is 11.1 Å². The Balaban J connectivity index is 1.62. The molecule has 30 heavy (non-hydrogen) atoms. The molecule has 6 nitrogen and oxygen atoms in total. The third kappa shape index (κ3) is 6.01. The van der Waals surface area contributed by atoms with E-state index in [0.717, 1.165) is 22.3 Å². The topological polar surface area (TPSA) is 98.7 Å². The van der Waals surface area contributed by atoms with Gasteiger partial charge in [-0.05, 0) is 35.1 Å². The van der Waals surface area contributed by atoms with E-state index in [9.17, 15) is 19.8 Å². The first-order valence-electron chi connectivity index (χ1n) is 9.68. The molecule has 0 spiro atoms. The van der Waals surface area contributed by atoms with Gasteiger partial charge in [0.05, 0.1) is 0 Å². The highest BCUT2D eigenvalue weighted by Gasteiger charge is 2.22. The summed E-state index contributed by atoms with van der Waals surface area (Å²) in [4.78, 5) is 23.2. The molecule has 0 fully saturated rings. The third-order valence-electron chi connectivity index (χ3n) is 4.81. The van der Waals surface area contributed by atoms with Crippen LogP contribution in [0.5, 0.6) is 0 Å². The number of hydrogen-bond acceptors (Lipinski definition) is 4. The fourth-order valence-corrected chi connectivity index (χ4v) is 3.15. The second kappa shape index (κ2) is 10.3. The molecule has 3 aromatic carbocycles. The van der Waals surface area contributed by atoms with Crippen LogP contribution in [0.15, 0.2) is 84.9 Å². The van der Waals surface area contributed by atoms with Gasteiger partial charge in [-0.25, -0.2) is 10.9 Å². The molecule has 3 aromatic rings. The number of nitrogens with one attached hydrogen (secondary N) is 2. The second-order valence-corrected chi connectivity index (χ2v) is 7.03. The van der Waals surface area contributed by atoms with E-state index in [2.05, 4.69) is 10.9 Å². The van der Waals surface area contributed by atoms with Crippen molar-refractivity contribution in [1.29, 1.82) is 0 Å². The Labute approximate surface area is 175 Å². The van der Waals surface area contributed by atoms with Gasteiger partial charge in [-0.3, -0.25) is 9.59 Å². The molecular formula is C24H24N2O4. The molecule has 6 heteroatoms. The standard InChI is InChI=1S/C24H24N2O4/c27-23(28)21(15-17-7-3-1-4-8-17)25-26-22(24(29)30)16-18-11-13-20(14-12-18)19-9-5-2-6-10-19/h1-14,21-22,25-26H,15-16H2,(H,27,28)(H,29,30)/t21-,22-/m0/s1. The number of carboxylic acid groups (broad SMARTS) is 2. The molecule has 0 unspecified atom stereocenters. The maximum atomic E-state index is 11.7. The van der Waals surface area contributed by atoms with Crippen LogP contribution in [0.25, 0.3) is 11.1 Å². The molecule has 0 aliphatic carbocycles. The predicted octanol–water partition coefficient (Wildman–Crippen LogP) is 3.14. The molecule has 0 bridgehead atoms. The van der Waals surface area contributed by atoms with Crippen LogP contribution in [0.2, 0.25) is 0 Å². The van der Waals surface area contributed by atoms with Gasteiger partial charge in [0.2, 0.25) is 0 Å². The molecule has 4 N–H and O–H groups in total. The molecule has 0 amide bonds. The minimum absolute atomic E-state index is 0.217. The summed E-state index contributed by atoms with van der Waals surface area (Å²) in [6.45, 7) is 0. The van der Waals surface area contributed by atoms with E-state index in [0.29, 0.717) is 0 Å². The number of rotatable bonds is 10. The zero-order valence-corrected chi connectivity index (χ0v) is 16.4. The van der Waals surface area contributed by atoms with Gasteiger partial charge in [-0.1, -0.05) is 84.9 Å². The molecule has 154 valence electrons. The zero-order chi connectivity index (χ0) is 21.3. The first-order chi connectivity index (χ1) is 14.5. The Morgan fingerprint density at radius 1 is 0.600 bits per heavy atom. The second-order valence-electron chi connectivity index (χ2n) is 7.03. The summed E-state index contributed by atoms with van der Waals surface area (Å²) in [6, 6.07) is 24.9. The summed E-state index contributed by atoms with van der Waals surface area (Å²) >= 11 is 0. The number of carbonyl (C=O) groups is 2. The molecule has 0 heterocycles. The maximum Gasteiger partial charge on any atom is 0.322 e. The SMILES string of the molecule is O=C(O)[C@H](Cc1ccccc1)NN[C@@H](Cc1ccc(-c2ccccc2)cc1)C(=O)O. The van der Waals surface area contributed by atoms with Gasteiger partial charge in [-0.15, -0.1) is 0 Å². The van der Waals surface area contributed by atoms with Gasteiger partial charge < -0.3 is 10.2 Å². The van der Waals surface area contributed by atoms with Crippen molar-refractivity contribution in [3.05, 3.63) is 96.1 Å². The van der Waals surface area contributed by atoms with Crippen LogP contribution in [0, 0.1) is 0 Å². The van der Waals surface area contributed by atoms with E-state index in [1.807, 2.05) is 84.9 Å². The molecule has 0 aromatic heterocycles. The van der Waals surface area contributed by atoms with Crippen molar-refractivity contribution in [2.24, 2.45) is 0 Å². The van der Waals surface area contributed by atoms with Crippen molar-refractivity contribution in [3.63, 3.8) is 0 Å². The average molecular weight is 404 g/mol. The molecule has 0 saturated carbocycles. The third-order valence-corrected chi connectivity index (χ3v) is 4.81. The Morgan fingerprint density at radius 3 is 1.47 bits per heavy atom. The highest BCUT2D eigenvalue weighted by Crippen LogP contribution is 2.19. The van der Waals surface area contributed by atoms with E-state index in [4.69, 9.17) is 0 Å². The summed E-state index contributed by atoms with van der Waals surface area (Å²) in [5, 5.41) is 19.0. The number of hydrogen-bond donors (Lipinski definition) is 4. The lowest BCUT2D eigenvalue weighted by Crippen LogP contribution is -2.53. The first-order valence-corrected chi connectivity index (χ1v) is 9.68. The monoisotopic (exact) mass is 404 g/mol. The molecular weight excluding hydrogens is 380 g/mol. The summed E-state index contributed by atoms with van der Waals surface area (Å²) in [7, 11) is 0. The highest BCUT2D eigenvalue weighted by molar-refractivity contribution is 5.75. The summed E-state index contributed by atoms with van der Waals surface area (Å²) in [5.41, 5.74) is 9.18. The lowest BCUT2D eigenvalue weighted by molar-refractivity contribution is -0.143. The maximum absolute atomic E-state index is 11.7. The average Bonchev–Trinajstić information content (AvgIpc) is 2.77. The molecule has 0 radical (unpaired) electrons. The van der Waals surface area contributed by atoms with E-state index >= 15 is 0 Å². The Hall–Kier alpha value is -3.48. The lowest BCUT2D eigenvalue weighted by Gasteiger charge is -2.20. The largest absolute Gasteiger partial charge is 0.480 e. The van der Waals surface area contributed by atoms with Gasteiger partial charge >= 0.3 is 11.9 Å². The first kappa shape index (κ1) is 21.2. The normalized spacial score (nSPS) is 12.8.